The van der Waals surface area contributed by atoms with Crippen LogP contribution >= 0.6 is 0 Å². The average Bonchev–Trinajstić information content (AvgIpc) is 2.93. The zero-order valence-electron chi connectivity index (χ0n) is 20.4. The van der Waals surface area contributed by atoms with Gasteiger partial charge in [0.2, 0.25) is 25.8 Å². The van der Waals surface area contributed by atoms with Gasteiger partial charge in [0.05, 0.1) is 34.4 Å². The molecule has 2 N–H and O–H groups in total. The van der Waals surface area contributed by atoms with Crippen LogP contribution in [0.25, 0.3) is 0 Å². The molecule has 3 aromatic rings. The highest BCUT2D eigenvalue weighted by Gasteiger charge is 2.26. The predicted octanol–water partition coefficient (Wildman–Crippen LogP) is 3.15. The lowest BCUT2D eigenvalue weighted by molar-refractivity contribution is -0.114. The van der Waals surface area contributed by atoms with Crippen molar-refractivity contribution in [3.63, 3.8) is 0 Å². The van der Waals surface area contributed by atoms with Crippen LogP contribution in [0, 0.1) is 0 Å². The molecule has 1 heterocycles. The number of sulfone groups is 1. The molecule has 1 saturated heterocycles. The predicted molar refractivity (Wildman–Crippen MR) is 141 cm³/mol. The van der Waals surface area contributed by atoms with E-state index in [1.807, 2.05) is 6.92 Å². The Morgan fingerprint density at radius 1 is 0.865 bits per heavy atom. The summed E-state index contributed by atoms with van der Waals surface area (Å²) in [6, 6.07) is 19.2. The van der Waals surface area contributed by atoms with Crippen molar-refractivity contribution in [2.75, 3.05) is 43.5 Å². The Labute approximate surface area is 217 Å². The Balaban J connectivity index is 1.43. The monoisotopic (exact) mass is 543 g/mol. The number of carbonyl (C=O) groups is 1. The second-order valence-electron chi connectivity index (χ2n) is 8.39. The molecule has 4 rings (SSSR count). The van der Waals surface area contributed by atoms with Gasteiger partial charge in [-0.2, -0.15) is 4.31 Å². The van der Waals surface area contributed by atoms with Crippen LogP contribution in [0.3, 0.4) is 0 Å². The Hall–Kier alpha value is -3.25. The quantitative estimate of drug-likeness (QED) is 0.425. The minimum absolute atomic E-state index is 0.102. The topological polar surface area (TPSA) is 122 Å². The van der Waals surface area contributed by atoms with Gasteiger partial charge in [0, 0.05) is 24.5 Å². The minimum Gasteiger partial charge on any atom is -0.379 e. The van der Waals surface area contributed by atoms with Crippen LogP contribution in [0.4, 0.5) is 11.4 Å². The number of morpholine rings is 1. The molecule has 9 nitrogen and oxygen atoms in total. The van der Waals surface area contributed by atoms with Crippen LogP contribution in [0.5, 0.6) is 0 Å². The maximum absolute atomic E-state index is 13.2. The third-order valence-electron chi connectivity index (χ3n) is 6.01. The van der Waals surface area contributed by atoms with E-state index in [2.05, 4.69) is 10.6 Å². The van der Waals surface area contributed by atoms with E-state index in [0.29, 0.717) is 49.7 Å². The van der Waals surface area contributed by atoms with Crippen molar-refractivity contribution in [1.29, 1.82) is 0 Å². The van der Waals surface area contributed by atoms with Crippen molar-refractivity contribution in [2.45, 2.75) is 28.0 Å². The van der Waals surface area contributed by atoms with Gasteiger partial charge >= 0.3 is 0 Å². The summed E-state index contributed by atoms with van der Waals surface area (Å²) in [7, 11) is -7.33. The first-order chi connectivity index (χ1) is 17.7. The van der Waals surface area contributed by atoms with Crippen molar-refractivity contribution >= 4 is 37.1 Å². The molecule has 0 aromatic heterocycles. The standard InChI is InChI=1S/C26H29N3O6S2/c1-2-23-24(9-6-10-25(23)36(31,32)21-7-4-3-5-8-21)27-19-26(30)28-20-11-13-22(14-12-20)37(33,34)29-15-17-35-18-16-29/h3-14,27H,2,15-19H2,1H3,(H,28,30). The number of hydrogen-bond acceptors (Lipinski definition) is 7. The van der Waals surface area contributed by atoms with Gasteiger partial charge in [-0.1, -0.05) is 31.2 Å². The number of carbonyl (C=O) groups excluding carboxylic acids is 1. The maximum atomic E-state index is 13.2. The van der Waals surface area contributed by atoms with Gasteiger partial charge < -0.3 is 15.4 Å². The number of sulfonamides is 1. The van der Waals surface area contributed by atoms with Crippen LogP contribution in [0.2, 0.25) is 0 Å². The maximum Gasteiger partial charge on any atom is 0.243 e. The molecule has 0 unspecified atom stereocenters. The number of rotatable bonds is 9. The van der Waals surface area contributed by atoms with E-state index in [0.717, 1.165) is 0 Å². The number of hydrogen-bond donors (Lipinski definition) is 2. The van der Waals surface area contributed by atoms with E-state index >= 15 is 0 Å². The second kappa shape index (κ2) is 11.4. The van der Waals surface area contributed by atoms with Gasteiger partial charge in [-0.3, -0.25) is 4.79 Å². The van der Waals surface area contributed by atoms with Gasteiger partial charge in [0.25, 0.3) is 0 Å². The highest BCUT2D eigenvalue weighted by atomic mass is 32.2. The number of anilines is 2. The Bertz CT molecular complexity index is 1450. The molecule has 0 saturated carbocycles. The lowest BCUT2D eigenvalue weighted by Gasteiger charge is -2.26. The molecule has 1 aliphatic rings. The van der Waals surface area contributed by atoms with Crippen molar-refractivity contribution in [2.24, 2.45) is 0 Å². The summed E-state index contributed by atoms with van der Waals surface area (Å²) in [5.74, 6) is -0.359. The van der Waals surface area contributed by atoms with Crippen LogP contribution in [-0.2, 0) is 35.8 Å². The number of nitrogens with one attached hydrogen (secondary N) is 2. The summed E-state index contributed by atoms with van der Waals surface area (Å²) in [6.45, 7) is 3.09. The molecule has 0 radical (unpaired) electrons. The summed E-state index contributed by atoms with van der Waals surface area (Å²) in [6.07, 6.45) is 0.450. The average molecular weight is 544 g/mol. The van der Waals surface area contributed by atoms with Crippen molar-refractivity contribution < 1.29 is 26.4 Å². The largest absolute Gasteiger partial charge is 0.379 e. The van der Waals surface area contributed by atoms with E-state index < -0.39 is 19.9 Å². The fourth-order valence-electron chi connectivity index (χ4n) is 4.10. The summed E-state index contributed by atoms with van der Waals surface area (Å²) >= 11 is 0. The first-order valence-electron chi connectivity index (χ1n) is 11.9. The van der Waals surface area contributed by atoms with E-state index in [1.54, 1.807) is 48.5 Å². The number of ether oxygens (including phenoxy) is 1. The molecule has 11 heteroatoms. The Morgan fingerprint density at radius 3 is 2.19 bits per heavy atom. The van der Waals surface area contributed by atoms with Gasteiger partial charge in [0.15, 0.2) is 0 Å². The van der Waals surface area contributed by atoms with Crippen LogP contribution < -0.4 is 10.6 Å². The molecule has 1 aliphatic heterocycles. The first-order valence-corrected chi connectivity index (χ1v) is 14.8. The molecule has 1 fully saturated rings. The van der Waals surface area contributed by atoms with Gasteiger partial charge in [0.1, 0.15) is 0 Å². The van der Waals surface area contributed by atoms with E-state index in [4.69, 9.17) is 4.74 Å². The molecule has 0 bridgehead atoms. The number of benzene rings is 3. The number of nitrogens with zero attached hydrogens (tertiary/aromatic N) is 1. The number of amides is 1. The highest BCUT2D eigenvalue weighted by Crippen LogP contribution is 2.29. The van der Waals surface area contributed by atoms with Crippen molar-refractivity contribution in [3.8, 4) is 0 Å². The third-order valence-corrected chi connectivity index (χ3v) is 9.78. The summed E-state index contributed by atoms with van der Waals surface area (Å²) in [5.41, 5.74) is 1.60. The molecular formula is C26H29N3O6S2. The fraction of sp³-hybridized carbons (Fsp3) is 0.269. The van der Waals surface area contributed by atoms with Crippen LogP contribution in [0.1, 0.15) is 12.5 Å². The van der Waals surface area contributed by atoms with Crippen molar-refractivity contribution in [1.82, 2.24) is 4.31 Å². The van der Waals surface area contributed by atoms with Gasteiger partial charge in [-0.15, -0.1) is 0 Å². The van der Waals surface area contributed by atoms with Crippen molar-refractivity contribution in [3.05, 3.63) is 78.4 Å². The lowest BCUT2D eigenvalue weighted by Crippen LogP contribution is -2.40. The lowest BCUT2D eigenvalue weighted by atomic mass is 10.1. The zero-order valence-corrected chi connectivity index (χ0v) is 22.0. The smallest absolute Gasteiger partial charge is 0.243 e. The molecule has 1 amide bonds. The molecule has 0 spiro atoms. The molecule has 0 aliphatic carbocycles. The van der Waals surface area contributed by atoms with Crippen LogP contribution in [-0.4, -0.2) is 59.9 Å². The molecular weight excluding hydrogens is 514 g/mol. The molecule has 196 valence electrons. The highest BCUT2D eigenvalue weighted by molar-refractivity contribution is 7.91. The SMILES string of the molecule is CCc1c(NCC(=O)Nc2ccc(S(=O)(=O)N3CCOCC3)cc2)cccc1S(=O)(=O)c1ccccc1. The summed E-state index contributed by atoms with van der Waals surface area (Å²) < 4.78 is 58.5. The van der Waals surface area contributed by atoms with Gasteiger partial charge in [-0.05, 0) is 60.5 Å². The van der Waals surface area contributed by atoms with Gasteiger partial charge in [-0.25, -0.2) is 16.8 Å². The summed E-state index contributed by atoms with van der Waals surface area (Å²) in [4.78, 5) is 13.1. The second-order valence-corrected chi connectivity index (χ2v) is 12.3. The molecule has 3 aromatic carbocycles. The van der Waals surface area contributed by atoms with E-state index in [-0.39, 0.29) is 27.1 Å². The fourth-order valence-corrected chi connectivity index (χ4v) is 7.12. The normalized spacial score (nSPS) is 14.7. The minimum atomic E-state index is -3.72. The summed E-state index contributed by atoms with van der Waals surface area (Å²) in [5, 5.41) is 5.77. The van der Waals surface area contributed by atoms with E-state index in [9.17, 15) is 21.6 Å². The molecule has 0 atom stereocenters. The molecule has 37 heavy (non-hydrogen) atoms. The third kappa shape index (κ3) is 6.02. The Morgan fingerprint density at radius 2 is 1.54 bits per heavy atom. The zero-order chi connectivity index (χ0) is 26.5. The Kier molecular flexibility index (Phi) is 8.28. The van der Waals surface area contributed by atoms with E-state index in [1.165, 1.54) is 28.6 Å². The first kappa shape index (κ1) is 26.8. The van der Waals surface area contributed by atoms with Crippen LogP contribution in [0.15, 0.2) is 87.5 Å².